The van der Waals surface area contributed by atoms with Gasteiger partial charge in [0.15, 0.2) is 5.82 Å². The quantitative estimate of drug-likeness (QED) is 0.556. The van der Waals surface area contributed by atoms with Crippen LogP contribution < -0.4 is 4.74 Å². The van der Waals surface area contributed by atoms with Crippen molar-refractivity contribution in [1.29, 1.82) is 0 Å². The number of fused-ring (bicyclic) bond motifs is 1. The van der Waals surface area contributed by atoms with Crippen LogP contribution in [0.3, 0.4) is 0 Å². The van der Waals surface area contributed by atoms with E-state index in [1.807, 2.05) is 42.5 Å². The van der Waals surface area contributed by atoms with Crippen molar-refractivity contribution in [2.45, 2.75) is 0 Å². The van der Waals surface area contributed by atoms with Crippen LogP contribution >= 0.6 is 22.6 Å². The molecule has 0 aliphatic heterocycles. The predicted molar refractivity (Wildman–Crippen MR) is 89.1 cm³/mol. The second-order valence-electron chi connectivity index (χ2n) is 4.21. The van der Waals surface area contributed by atoms with Gasteiger partial charge >= 0.3 is 0 Å². The van der Waals surface area contributed by atoms with Crippen LogP contribution in [-0.4, -0.2) is 23.5 Å². The number of para-hydroxylation sites is 1. The molecule has 0 saturated heterocycles. The van der Waals surface area contributed by atoms with Crippen molar-refractivity contribution >= 4 is 45.5 Å². The van der Waals surface area contributed by atoms with Crippen LogP contribution in [0.1, 0.15) is 5.56 Å². The lowest BCUT2D eigenvalue weighted by Crippen LogP contribution is -1.89. The Bertz CT molecular complexity index is 780. The summed E-state index contributed by atoms with van der Waals surface area (Å²) in [7, 11) is 1.65. The summed E-state index contributed by atoms with van der Waals surface area (Å²) in [5.74, 6) is 1.49. The number of nitrogens with zero attached hydrogens (tertiary/aromatic N) is 2. The average Bonchev–Trinajstić information content (AvgIpc) is 2.90. The molecule has 1 N–H and O–H groups in total. The standard InChI is InChI=1S/C15H12IN3O/c1-20-13-8-3-2-5-10(13)9-17-15-14-11(16)6-4-7-12(14)18-19-15/h2-9H,1H3,(H,18,19). The fourth-order valence-electron chi connectivity index (χ4n) is 2.01. The first-order valence-electron chi connectivity index (χ1n) is 6.09. The van der Waals surface area contributed by atoms with Crippen LogP contribution in [0.4, 0.5) is 5.82 Å². The van der Waals surface area contributed by atoms with Gasteiger partial charge in [-0.2, -0.15) is 5.10 Å². The van der Waals surface area contributed by atoms with Crippen LogP contribution in [0.5, 0.6) is 5.75 Å². The molecular weight excluding hydrogens is 365 g/mol. The minimum atomic E-state index is 0.691. The highest BCUT2D eigenvalue weighted by molar-refractivity contribution is 14.1. The predicted octanol–water partition coefficient (Wildman–Crippen LogP) is 3.93. The van der Waals surface area contributed by atoms with E-state index < -0.39 is 0 Å². The number of rotatable bonds is 3. The Kier molecular flexibility index (Phi) is 3.68. The number of aliphatic imine (C=N–C) groups is 1. The van der Waals surface area contributed by atoms with Gasteiger partial charge in [-0.3, -0.25) is 5.10 Å². The van der Waals surface area contributed by atoms with Crippen LogP contribution in [-0.2, 0) is 0 Å². The molecule has 3 rings (SSSR count). The molecule has 4 nitrogen and oxygen atoms in total. The maximum absolute atomic E-state index is 5.31. The number of aromatic amines is 1. The van der Waals surface area contributed by atoms with Gasteiger partial charge in [0.2, 0.25) is 0 Å². The minimum Gasteiger partial charge on any atom is -0.496 e. The highest BCUT2D eigenvalue weighted by Crippen LogP contribution is 2.28. The molecule has 0 fully saturated rings. The van der Waals surface area contributed by atoms with Crippen LogP contribution in [0, 0.1) is 3.57 Å². The lowest BCUT2D eigenvalue weighted by Gasteiger charge is -2.02. The number of hydrogen-bond donors (Lipinski definition) is 1. The van der Waals surface area contributed by atoms with E-state index in [-0.39, 0.29) is 0 Å². The summed E-state index contributed by atoms with van der Waals surface area (Å²) in [6.45, 7) is 0. The SMILES string of the molecule is COc1ccccc1C=Nc1n[nH]c2cccc(I)c12. The Morgan fingerprint density at radius 3 is 2.90 bits per heavy atom. The van der Waals surface area contributed by atoms with E-state index in [1.54, 1.807) is 13.3 Å². The Balaban J connectivity index is 2.03. The zero-order valence-electron chi connectivity index (χ0n) is 10.8. The molecule has 100 valence electrons. The molecule has 0 saturated carbocycles. The summed E-state index contributed by atoms with van der Waals surface area (Å²) in [4.78, 5) is 4.48. The number of ether oxygens (including phenoxy) is 1. The van der Waals surface area contributed by atoms with Crippen molar-refractivity contribution in [3.63, 3.8) is 0 Å². The second kappa shape index (κ2) is 5.62. The first-order chi connectivity index (χ1) is 9.79. The molecule has 2 aromatic carbocycles. The van der Waals surface area contributed by atoms with Crippen molar-refractivity contribution in [3.8, 4) is 5.75 Å². The fraction of sp³-hybridized carbons (Fsp3) is 0.0667. The normalized spacial score (nSPS) is 11.3. The summed E-state index contributed by atoms with van der Waals surface area (Å²) < 4.78 is 6.43. The van der Waals surface area contributed by atoms with E-state index in [0.29, 0.717) is 5.82 Å². The second-order valence-corrected chi connectivity index (χ2v) is 5.37. The zero-order valence-corrected chi connectivity index (χ0v) is 13.0. The lowest BCUT2D eigenvalue weighted by molar-refractivity contribution is 0.414. The zero-order chi connectivity index (χ0) is 13.9. The summed E-state index contributed by atoms with van der Waals surface area (Å²) in [6.07, 6.45) is 1.78. The molecule has 20 heavy (non-hydrogen) atoms. The van der Waals surface area contributed by atoms with E-state index in [9.17, 15) is 0 Å². The van der Waals surface area contributed by atoms with Crippen molar-refractivity contribution in [2.24, 2.45) is 4.99 Å². The topological polar surface area (TPSA) is 50.3 Å². The number of halogens is 1. The number of benzene rings is 2. The highest BCUT2D eigenvalue weighted by Gasteiger charge is 2.07. The molecule has 0 aliphatic rings. The monoisotopic (exact) mass is 377 g/mol. The molecule has 1 heterocycles. The molecule has 0 unspecified atom stereocenters. The fourth-order valence-corrected chi connectivity index (χ4v) is 2.75. The maximum atomic E-state index is 5.31. The average molecular weight is 377 g/mol. The van der Waals surface area contributed by atoms with E-state index in [4.69, 9.17) is 4.74 Å². The summed E-state index contributed by atoms with van der Waals surface area (Å²) in [5, 5.41) is 8.29. The van der Waals surface area contributed by atoms with E-state index in [1.165, 1.54) is 0 Å². The van der Waals surface area contributed by atoms with E-state index >= 15 is 0 Å². The van der Waals surface area contributed by atoms with E-state index in [2.05, 4.69) is 37.8 Å². The Morgan fingerprint density at radius 1 is 1.20 bits per heavy atom. The molecule has 0 amide bonds. The van der Waals surface area contributed by atoms with Crippen molar-refractivity contribution in [1.82, 2.24) is 10.2 Å². The van der Waals surface area contributed by atoms with Crippen LogP contribution in [0.15, 0.2) is 47.5 Å². The van der Waals surface area contributed by atoms with Gasteiger partial charge < -0.3 is 4.74 Å². The molecular formula is C15H12IN3O. The Morgan fingerprint density at radius 2 is 2.05 bits per heavy atom. The highest BCUT2D eigenvalue weighted by atomic mass is 127. The Hall–Kier alpha value is -1.89. The number of nitrogens with one attached hydrogen (secondary N) is 1. The largest absolute Gasteiger partial charge is 0.496 e. The van der Waals surface area contributed by atoms with Gasteiger partial charge in [-0.25, -0.2) is 4.99 Å². The molecule has 0 radical (unpaired) electrons. The van der Waals surface area contributed by atoms with Crippen LogP contribution in [0.25, 0.3) is 10.9 Å². The summed E-state index contributed by atoms with van der Waals surface area (Å²) in [5.41, 5.74) is 1.92. The van der Waals surface area contributed by atoms with Gasteiger partial charge in [-0.1, -0.05) is 18.2 Å². The number of methoxy groups -OCH3 is 1. The third-order valence-corrected chi connectivity index (χ3v) is 3.88. The molecule has 1 aromatic heterocycles. The Labute approximate surface area is 130 Å². The number of hydrogen-bond acceptors (Lipinski definition) is 3. The van der Waals surface area contributed by atoms with Crippen LogP contribution in [0.2, 0.25) is 0 Å². The molecule has 0 aliphatic carbocycles. The maximum Gasteiger partial charge on any atom is 0.182 e. The van der Waals surface area contributed by atoms with Gasteiger partial charge in [-0.15, -0.1) is 0 Å². The smallest absolute Gasteiger partial charge is 0.182 e. The summed E-state index contributed by atoms with van der Waals surface area (Å²) >= 11 is 2.29. The van der Waals surface area contributed by atoms with Crippen molar-refractivity contribution in [3.05, 3.63) is 51.6 Å². The van der Waals surface area contributed by atoms with Gasteiger partial charge in [0.05, 0.1) is 18.0 Å². The third-order valence-electron chi connectivity index (χ3n) is 2.98. The molecule has 5 heteroatoms. The molecule has 3 aromatic rings. The molecule has 0 spiro atoms. The van der Waals surface area contributed by atoms with Gasteiger partial charge in [0.1, 0.15) is 5.75 Å². The van der Waals surface area contributed by atoms with Gasteiger partial charge in [0.25, 0.3) is 0 Å². The first-order valence-corrected chi connectivity index (χ1v) is 7.17. The molecule has 0 atom stereocenters. The van der Waals surface area contributed by atoms with Crippen molar-refractivity contribution in [2.75, 3.05) is 7.11 Å². The minimum absolute atomic E-state index is 0.691. The third kappa shape index (κ3) is 2.40. The number of aromatic nitrogens is 2. The summed E-state index contributed by atoms with van der Waals surface area (Å²) in [6, 6.07) is 13.8. The molecule has 0 bridgehead atoms. The van der Waals surface area contributed by atoms with Gasteiger partial charge in [-0.05, 0) is 46.9 Å². The lowest BCUT2D eigenvalue weighted by atomic mass is 10.2. The van der Waals surface area contributed by atoms with Gasteiger partial charge in [0, 0.05) is 15.3 Å². The first kappa shape index (κ1) is 13.1. The van der Waals surface area contributed by atoms with E-state index in [0.717, 1.165) is 25.8 Å². The van der Waals surface area contributed by atoms with Crippen molar-refractivity contribution < 1.29 is 4.74 Å². The number of H-pyrrole nitrogens is 1.